The number of nitrogens with one attached hydrogen (secondary N) is 2. The summed E-state index contributed by atoms with van der Waals surface area (Å²) in [6, 6.07) is 15.4. The maximum absolute atomic E-state index is 12.3. The van der Waals surface area contributed by atoms with Crippen LogP contribution in [0.2, 0.25) is 0 Å². The van der Waals surface area contributed by atoms with E-state index in [4.69, 9.17) is 4.42 Å². The minimum atomic E-state index is -0.352. The normalized spacial score (nSPS) is 11.4. The van der Waals surface area contributed by atoms with Crippen LogP contribution in [0.5, 0.6) is 0 Å². The predicted molar refractivity (Wildman–Crippen MR) is 133 cm³/mol. The van der Waals surface area contributed by atoms with Crippen molar-refractivity contribution in [3.8, 4) is 11.4 Å². The molecular weight excluding hydrogens is 470 g/mol. The molecule has 0 spiro atoms. The van der Waals surface area contributed by atoms with E-state index >= 15 is 0 Å². The van der Waals surface area contributed by atoms with E-state index in [0.717, 1.165) is 11.3 Å². The molecule has 34 heavy (non-hydrogen) atoms. The quantitative estimate of drug-likeness (QED) is 0.289. The number of nitrogens with zero attached hydrogens (tertiary/aromatic N) is 3. The number of thiophene rings is 1. The van der Waals surface area contributed by atoms with Crippen molar-refractivity contribution < 1.29 is 14.0 Å². The number of carbonyl (C=O) groups is 2. The first-order valence-corrected chi connectivity index (χ1v) is 12.5. The largest absolute Gasteiger partial charge is 0.467 e. The second-order valence-corrected chi connectivity index (χ2v) is 10.5. The number of hydrogen-bond donors (Lipinski definition) is 2. The molecule has 3 aromatic heterocycles. The number of amides is 2. The Morgan fingerprint density at radius 3 is 2.50 bits per heavy atom. The fourth-order valence-electron chi connectivity index (χ4n) is 3.19. The fourth-order valence-corrected chi connectivity index (χ4v) is 4.55. The Balaban J connectivity index is 1.48. The topological polar surface area (TPSA) is 102 Å². The summed E-state index contributed by atoms with van der Waals surface area (Å²) in [6.45, 7) is 6.94. The van der Waals surface area contributed by atoms with Gasteiger partial charge in [-0.05, 0) is 34.6 Å². The fraction of sp³-hybridized carbons (Fsp3) is 0.250. The zero-order valence-corrected chi connectivity index (χ0v) is 20.7. The third-order valence-corrected chi connectivity index (χ3v) is 6.85. The zero-order chi connectivity index (χ0) is 24.1. The standard InChI is InChI=1S/C24H25N5O3S2/c1-24(2,3)17-10-8-16(9-11-17)21-26-28-23(29(21)14-18-6-4-12-32-18)34-15-20(30)25-27-22(31)19-7-5-13-33-19/h4-13H,14-15H2,1-3H3,(H,25,30)(H,27,31). The smallest absolute Gasteiger partial charge is 0.279 e. The van der Waals surface area contributed by atoms with Gasteiger partial charge in [0.1, 0.15) is 5.76 Å². The highest BCUT2D eigenvalue weighted by molar-refractivity contribution is 7.99. The molecule has 0 aliphatic rings. The van der Waals surface area contributed by atoms with Gasteiger partial charge in [-0.15, -0.1) is 21.5 Å². The van der Waals surface area contributed by atoms with Gasteiger partial charge in [0, 0.05) is 5.56 Å². The van der Waals surface area contributed by atoms with E-state index in [9.17, 15) is 9.59 Å². The molecule has 176 valence electrons. The maximum atomic E-state index is 12.3. The second kappa shape index (κ2) is 10.3. The van der Waals surface area contributed by atoms with Gasteiger partial charge in [0.05, 0.1) is 23.4 Å². The molecule has 3 heterocycles. The first-order valence-electron chi connectivity index (χ1n) is 10.6. The number of rotatable bonds is 7. The Bertz CT molecular complexity index is 1240. The van der Waals surface area contributed by atoms with Crippen LogP contribution in [0.4, 0.5) is 0 Å². The van der Waals surface area contributed by atoms with Crippen molar-refractivity contribution in [2.24, 2.45) is 0 Å². The van der Waals surface area contributed by atoms with E-state index in [-0.39, 0.29) is 23.0 Å². The average molecular weight is 496 g/mol. The molecular formula is C24H25N5O3S2. The number of benzene rings is 1. The number of hydrazine groups is 1. The van der Waals surface area contributed by atoms with Crippen LogP contribution in [0.1, 0.15) is 41.8 Å². The van der Waals surface area contributed by atoms with Crippen LogP contribution in [0.3, 0.4) is 0 Å². The number of aromatic nitrogens is 3. The summed E-state index contributed by atoms with van der Waals surface area (Å²) in [4.78, 5) is 24.8. The van der Waals surface area contributed by atoms with E-state index in [2.05, 4.69) is 54.0 Å². The molecule has 4 rings (SSSR count). The lowest BCUT2D eigenvalue weighted by Gasteiger charge is -2.19. The molecule has 1 aromatic carbocycles. The molecule has 0 fully saturated rings. The summed E-state index contributed by atoms with van der Waals surface area (Å²) >= 11 is 2.54. The lowest BCUT2D eigenvalue weighted by molar-refractivity contribution is -0.119. The Morgan fingerprint density at radius 2 is 1.85 bits per heavy atom. The summed E-state index contributed by atoms with van der Waals surface area (Å²) in [5.74, 6) is 0.797. The van der Waals surface area contributed by atoms with Gasteiger partial charge in [0.2, 0.25) is 5.91 Å². The number of thioether (sulfide) groups is 1. The van der Waals surface area contributed by atoms with Crippen molar-refractivity contribution in [1.29, 1.82) is 0 Å². The molecule has 0 unspecified atom stereocenters. The van der Waals surface area contributed by atoms with E-state index in [0.29, 0.717) is 22.4 Å². The van der Waals surface area contributed by atoms with Gasteiger partial charge in [0.25, 0.3) is 5.91 Å². The van der Waals surface area contributed by atoms with E-state index in [1.165, 1.54) is 28.7 Å². The van der Waals surface area contributed by atoms with Gasteiger partial charge in [-0.1, -0.05) is 62.9 Å². The summed E-state index contributed by atoms with van der Waals surface area (Å²) in [6.07, 6.45) is 1.62. The number of hydrogen-bond acceptors (Lipinski definition) is 7. The van der Waals surface area contributed by atoms with Crippen molar-refractivity contribution in [2.75, 3.05) is 5.75 Å². The summed E-state index contributed by atoms with van der Waals surface area (Å²) in [5.41, 5.74) is 7.06. The van der Waals surface area contributed by atoms with Gasteiger partial charge in [-0.3, -0.25) is 25.0 Å². The number of carbonyl (C=O) groups excluding carboxylic acids is 2. The molecule has 2 amide bonds. The van der Waals surface area contributed by atoms with Crippen LogP contribution in [-0.2, 0) is 16.8 Å². The molecule has 2 N–H and O–H groups in total. The minimum absolute atomic E-state index is 0.0493. The van der Waals surface area contributed by atoms with E-state index in [1.807, 2.05) is 28.8 Å². The van der Waals surface area contributed by atoms with Crippen molar-refractivity contribution in [3.63, 3.8) is 0 Å². The number of furan rings is 1. The van der Waals surface area contributed by atoms with E-state index in [1.54, 1.807) is 23.8 Å². The monoisotopic (exact) mass is 495 g/mol. The maximum Gasteiger partial charge on any atom is 0.279 e. The Hall–Kier alpha value is -3.37. The van der Waals surface area contributed by atoms with Crippen LogP contribution < -0.4 is 10.9 Å². The van der Waals surface area contributed by atoms with Crippen molar-refractivity contribution in [2.45, 2.75) is 37.9 Å². The average Bonchev–Trinajstić information content (AvgIpc) is 3.58. The second-order valence-electron chi connectivity index (χ2n) is 8.57. The lowest BCUT2D eigenvalue weighted by atomic mass is 9.87. The third kappa shape index (κ3) is 5.75. The van der Waals surface area contributed by atoms with Gasteiger partial charge in [-0.25, -0.2) is 0 Å². The highest BCUT2D eigenvalue weighted by atomic mass is 32.2. The molecule has 10 heteroatoms. The highest BCUT2D eigenvalue weighted by Gasteiger charge is 2.19. The molecule has 0 radical (unpaired) electrons. The lowest BCUT2D eigenvalue weighted by Crippen LogP contribution is -2.42. The molecule has 0 saturated heterocycles. The Labute approximate surface area is 205 Å². The minimum Gasteiger partial charge on any atom is -0.467 e. The molecule has 0 atom stereocenters. The molecule has 8 nitrogen and oxygen atoms in total. The van der Waals surface area contributed by atoms with Crippen molar-refractivity contribution >= 4 is 34.9 Å². The first-order chi connectivity index (χ1) is 16.3. The van der Waals surface area contributed by atoms with Gasteiger partial charge in [-0.2, -0.15) is 0 Å². The molecule has 0 aliphatic heterocycles. The van der Waals surface area contributed by atoms with E-state index < -0.39 is 0 Å². The van der Waals surface area contributed by atoms with Gasteiger partial charge in [0.15, 0.2) is 11.0 Å². The van der Waals surface area contributed by atoms with Crippen LogP contribution in [0.25, 0.3) is 11.4 Å². The summed E-state index contributed by atoms with van der Waals surface area (Å²) in [7, 11) is 0. The SMILES string of the molecule is CC(C)(C)c1ccc(-c2nnc(SCC(=O)NNC(=O)c3cccs3)n2Cc2ccco2)cc1. The molecule has 0 aliphatic carbocycles. The van der Waals surface area contributed by atoms with Gasteiger partial charge >= 0.3 is 0 Å². The van der Waals surface area contributed by atoms with Gasteiger partial charge < -0.3 is 4.42 Å². The third-order valence-electron chi connectivity index (χ3n) is 5.01. The highest BCUT2D eigenvalue weighted by Crippen LogP contribution is 2.28. The van der Waals surface area contributed by atoms with Crippen molar-refractivity contribution in [3.05, 3.63) is 76.4 Å². The molecule has 0 bridgehead atoms. The summed E-state index contributed by atoms with van der Waals surface area (Å²) in [5, 5.41) is 11.1. The molecule has 4 aromatic rings. The Morgan fingerprint density at radius 1 is 1.06 bits per heavy atom. The first kappa shape index (κ1) is 23.8. The predicted octanol–water partition coefficient (Wildman–Crippen LogP) is 4.50. The molecule has 0 saturated carbocycles. The van der Waals surface area contributed by atoms with Crippen LogP contribution in [-0.4, -0.2) is 32.3 Å². The van der Waals surface area contributed by atoms with Crippen LogP contribution in [0.15, 0.2) is 69.7 Å². The van der Waals surface area contributed by atoms with Crippen LogP contribution in [0, 0.1) is 0 Å². The summed E-state index contributed by atoms with van der Waals surface area (Å²) < 4.78 is 7.45. The van der Waals surface area contributed by atoms with Crippen LogP contribution >= 0.6 is 23.1 Å². The Kier molecular flexibility index (Phi) is 7.18. The van der Waals surface area contributed by atoms with Crippen molar-refractivity contribution in [1.82, 2.24) is 25.6 Å². The zero-order valence-electron chi connectivity index (χ0n) is 19.1.